The second kappa shape index (κ2) is 2.42. The van der Waals surface area contributed by atoms with Crippen LogP contribution in [0.3, 0.4) is 0 Å². The van der Waals surface area contributed by atoms with E-state index in [1.165, 1.54) is 0 Å². The van der Waals surface area contributed by atoms with Gasteiger partial charge >= 0.3 is 0 Å². The van der Waals surface area contributed by atoms with Crippen molar-refractivity contribution in [1.29, 1.82) is 0 Å². The van der Waals surface area contributed by atoms with Crippen molar-refractivity contribution in [3.8, 4) is 0 Å². The van der Waals surface area contributed by atoms with Gasteiger partial charge in [-0.05, 0) is 57.8 Å². The van der Waals surface area contributed by atoms with Crippen LogP contribution < -0.4 is 0 Å². The van der Waals surface area contributed by atoms with Crippen molar-refractivity contribution in [2.24, 2.45) is 11.8 Å². The quantitative estimate of drug-likeness (QED) is 0.641. The Morgan fingerprint density at radius 2 is 0.833 bits per heavy atom. The minimum Gasteiger partial charge on any atom is -0.0620 e. The Morgan fingerprint density at radius 1 is 0.444 bits per heavy atom. The summed E-state index contributed by atoms with van der Waals surface area (Å²) in [7, 11) is 0. The Labute approximate surface area is 107 Å². The van der Waals surface area contributed by atoms with Crippen molar-refractivity contribution in [2.45, 2.75) is 23.7 Å². The summed E-state index contributed by atoms with van der Waals surface area (Å²) in [5.41, 5.74) is 6.74. The molecule has 0 amide bonds. The molecule has 0 saturated heterocycles. The first-order valence-electron chi connectivity index (χ1n) is 7.14. The molecule has 6 bridgehead atoms. The number of hydrogen-bond donors (Lipinski definition) is 0. The molecule has 86 valence electrons. The first kappa shape index (κ1) is 8.53. The highest BCUT2D eigenvalue weighted by molar-refractivity contribution is 5.62. The van der Waals surface area contributed by atoms with Gasteiger partial charge in [-0.1, -0.05) is 48.5 Å². The fourth-order valence-electron chi connectivity index (χ4n) is 5.83. The molecule has 0 heterocycles. The van der Waals surface area contributed by atoms with Crippen molar-refractivity contribution < 1.29 is 0 Å². The van der Waals surface area contributed by atoms with E-state index in [0.717, 1.165) is 35.5 Å². The third-order valence-corrected chi connectivity index (χ3v) is 6.16. The van der Waals surface area contributed by atoms with Gasteiger partial charge in [0.05, 0.1) is 0 Å². The maximum atomic E-state index is 2.40. The average molecular weight is 230 g/mol. The maximum absolute atomic E-state index is 2.40. The van der Waals surface area contributed by atoms with Crippen molar-refractivity contribution in [3.05, 3.63) is 70.8 Å². The molecule has 0 radical (unpaired) electrons. The summed E-state index contributed by atoms with van der Waals surface area (Å²) in [4.78, 5) is 0. The summed E-state index contributed by atoms with van der Waals surface area (Å²) in [6, 6.07) is 18.5. The lowest BCUT2D eigenvalue weighted by atomic mass is 9.72. The van der Waals surface area contributed by atoms with E-state index in [4.69, 9.17) is 0 Å². The third-order valence-electron chi connectivity index (χ3n) is 6.16. The summed E-state index contributed by atoms with van der Waals surface area (Å²) in [5.74, 6) is 5.41. The molecule has 6 atom stereocenters. The zero-order chi connectivity index (χ0) is 11.4. The van der Waals surface area contributed by atoms with Gasteiger partial charge < -0.3 is 0 Å². The topological polar surface area (TPSA) is 0 Å². The van der Waals surface area contributed by atoms with Crippen LogP contribution in [0.15, 0.2) is 48.5 Å². The first-order chi connectivity index (χ1) is 8.97. The van der Waals surface area contributed by atoms with E-state index < -0.39 is 0 Å². The number of hydrogen-bond acceptors (Lipinski definition) is 0. The summed E-state index contributed by atoms with van der Waals surface area (Å²) in [6.07, 6.45) is 0. The van der Waals surface area contributed by atoms with Gasteiger partial charge in [-0.3, -0.25) is 0 Å². The van der Waals surface area contributed by atoms with Gasteiger partial charge in [-0.15, -0.1) is 0 Å². The van der Waals surface area contributed by atoms with E-state index in [0.29, 0.717) is 0 Å². The molecule has 18 heavy (non-hydrogen) atoms. The van der Waals surface area contributed by atoms with Crippen LogP contribution in [-0.4, -0.2) is 0 Å². The van der Waals surface area contributed by atoms with Crippen LogP contribution in [0.25, 0.3) is 0 Å². The molecule has 2 saturated carbocycles. The van der Waals surface area contributed by atoms with Crippen LogP contribution in [0.2, 0.25) is 0 Å². The van der Waals surface area contributed by atoms with Gasteiger partial charge in [0, 0.05) is 0 Å². The summed E-state index contributed by atoms with van der Waals surface area (Å²) >= 11 is 0. The van der Waals surface area contributed by atoms with Gasteiger partial charge in [-0.25, -0.2) is 0 Å². The normalized spacial score (nSPS) is 43.6. The van der Waals surface area contributed by atoms with Crippen LogP contribution in [0.4, 0.5) is 0 Å². The standard InChI is InChI=1S/C18H14/c1-4-8-12-9(5-1)13-14-10-6-2-3-7-11(10)15(13)18-16(12)17(14)18/h1-8,13-18H/t13?,14-,15+,16?,17-,18-/m1/s1. The molecule has 0 aromatic heterocycles. The minimum absolute atomic E-state index is 0.818. The van der Waals surface area contributed by atoms with Crippen molar-refractivity contribution in [2.75, 3.05) is 0 Å². The molecule has 2 aromatic carbocycles. The summed E-state index contributed by atoms with van der Waals surface area (Å²) in [6.45, 7) is 0. The van der Waals surface area contributed by atoms with Gasteiger partial charge in [0.1, 0.15) is 0 Å². The number of benzene rings is 2. The van der Waals surface area contributed by atoms with Gasteiger partial charge in [0.2, 0.25) is 0 Å². The highest BCUT2D eigenvalue weighted by atomic mass is 14.8. The second-order valence-corrected chi connectivity index (χ2v) is 6.52. The zero-order valence-corrected chi connectivity index (χ0v) is 10.1. The number of fused-ring (bicyclic) bond motifs is 1. The van der Waals surface area contributed by atoms with Gasteiger partial charge in [0.15, 0.2) is 0 Å². The van der Waals surface area contributed by atoms with E-state index in [1.807, 2.05) is 0 Å². The van der Waals surface area contributed by atoms with E-state index >= 15 is 0 Å². The van der Waals surface area contributed by atoms with Crippen molar-refractivity contribution in [1.82, 2.24) is 0 Å². The fourth-order valence-corrected chi connectivity index (χ4v) is 5.83. The molecule has 0 heteroatoms. The van der Waals surface area contributed by atoms with E-state index in [2.05, 4.69) is 48.5 Å². The second-order valence-electron chi connectivity index (χ2n) is 6.52. The molecule has 5 aliphatic rings. The molecule has 0 aliphatic heterocycles. The highest BCUT2D eigenvalue weighted by Gasteiger charge is 2.74. The van der Waals surface area contributed by atoms with Crippen LogP contribution >= 0.6 is 0 Å². The molecular weight excluding hydrogens is 216 g/mol. The van der Waals surface area contributed by atoms with Gasteiger partial charge in [0.25, 0.3) is 0 Å². The van der Waals surface area contributed by atoms with Crippen LogP contribution in [0.5, 0.6) is 0 Å². The first-order valence-corrected chi connectivity index (χ1v) is 7.14. The van der Waals surface area contributed by atoms with Crippen molar-refractivity contribution >= 4 is 0 Å². The average Bonchev–Trinajstić information content (AvgIpc) is 3.00. The molecule has 7 rings (SSSR count). The molecule has 2 aromatic rings. The predicted molar refractivity (Wildman–Crippen MR) is 70.8 cm³/mol. The predicted octanol–water partition coefficient (Wildman–Crippen LogP) is 4.01. The van der Waals surface area contributed by atoms with Crippen LogP contribution in [-0.2, 0) is 0 Å². The molecule has 0 nitrogen and oxygen atoms in total. The van der Waals surface area contributed by atoms with E-state index in [9.17, 15) is 0 Å². The molecule has 0 N–H and O–H groups in total. The lowest BCUT2D eigenvalue weighted by Crippen LogP contribution is -2.17. The third kappa shape index (κ3) is 0.669. The maximum Gasteiger partial charge on any atom is -0.00152 e. The Bertz CT molecular complexity index is 662. The molecule has 2 fully saturated rings. The van der Waals surface area contributed by atoms with Crippen LogP contribution in [0.1, 0.15) is 45.9 Å². The monoisotopic (exact) mass is 230 g/mol. The Balaban J connectivity index is 1.69. The molecule has 0 spiro atoms. The summed E-state index contributed by atoms with van der Waals surface area (Å²) in [5, 5.41) is 0. The van der Waals surface area contributed by atoms with Crippen LogP contribution in [0, 0.1) is 11.8 Å². The SMILES string of the molecule is c1ccc2c(c1)C1[C@@H]3[C@@H]1[C@H]1c4ccccc4[C@@H]3C21. The molecular formula is C18H14. The minimum atomic E-state index is 0.818. The van der Waals surface area contributed by atoms with E-state index in [-0.39, 0.29) is 0 Å². The lowest BCUT2D eigenvalue weighted by Gasteiger charge is -2.31. The summed E-state index contributed by atoms with van der Waals surface area (Å²) < 4.78 is 0. The smallest absolute Gasteiger partial charge is 0.00152 e. The highest BCUT2D eigenvalue weighted by Crippen LogP contribution is 2.85. The van der Waals surface area contributed by atoms with Gasteiger partial charge in [-0.2, -0.15) is 0 Å². The molecule has 2 unspecified atom stereocenters. The lowest BCUT2D eigenvalue weighted by molar-refractivity contribution is 0.477. The number of rotatable bonds is 0. The van der Waals surface area contributed by atoms with Crippen molar-refractivity contribution in [3.63, 3.8) is 0 Å². The Hall–Kier alpha value is -1.56. The van der Waals surface area contributed by atoms with E-state index in [1.54, 1.807) is 22.3 Å². The zero-order valence-electron chi connectivity index (χ0n) is 10.1. The molecule has 5 aliphatic carbocycles. The fraction of sp³-hybridized carbons (Fsp3) is 0.333. The Kier molecular flexibility index (Phi) is 1.15. The Morgan fingerprint density at radius 3 is 1.33 bits per heavy atom. The largest absolute Gasteiger partial charge is 0.0620 e.